The molecule has 1 aliphatic carbocycles. The number of rotatable bonds is 10. The number of hydrogen-bond donors (Lipinski definition) is 3. The van der Waals surface area contributed by atoms with E-state index in [1.54, 1.807) is 24.3 Å². The largest absolute Gasteiger partial charge is 0.390 e. The van der Waals surface area contributed by atoms with E-state index in [-0.39, 0.29) is 47.4 Å². The number of likely N-dealkylation sites (tertiary alicyclic amines) is 1. The molecule has 11 nitrogen and oxygen atoms in total. The summed E-state index contributed by atoms with van der Waals surface area (Å²) in [5.74, 6) is -0.212. The number of aliphatic hydroxyl groups excluding tert-OH is 1. The number of amides is 2. The number of halogens is 2. The number of unbranched alkanes of at least 4 members (excludes halogenated alkanes) is 1. The Morgan fingerprint density at radius 3 is 2.28 bits per heavy atom. The Balaban J connectivity index is 0.00000288. The number of nitrogens with zero attached hydrogens (tertiary/aromatic N) is 4. The van der Waals surface area contributed by atoms with Gasteiger partial charge in [-0.05, 0) is 83.2 Å². The van der Waals surface area contributed by atoms with Crippen LogP contribution in [-0.2, 0) is 26.2 Å². The van der Waals surface area contributed by atoms with Crippen LogP contribution in [0.1, 0.15) is 81.7 Å². The number of aryl methyl sites for hydroxylation is 1. The zero-order valence-electron chi connectivity index (χ0n) is 27.3. The quantitative estimate of drug-likeness (QED) is 0.344. The van der Waals surface area contributed by atoms with E-state index in [9.17, 15) is 23.1 Å². The summed E-state index contributed by atoms with van der Waals surface area (Å²) >= 11 is 0. The lowest BCUT2D eigenvalue weighted by atomic mass is 9.78. The van der Waals surface area contributed by atoms with Gasteiger partial charge in [-0.2, -0.15) is 5.10 Å². The van der Waals surface area contributed by atoms with Gasteiger partial charge in [-0.1, -0.05) is 32.6 Å². The Morgan fingerprint density at radius 2 is 1.70 bits per heavy atom. The molecule has 2 amide bonds. The van der Waals surface area contributed by atoms with Gasteiger partial charge in [0.2, 0.25) is 21.8 Å². The van der Waals surface area contributed by atoms with Crippen molar-refractivity contribution in [1.82, 2.24) is 29.6 Å². The maximum atomic E-state index is 13.9. The van der Waals surface area contributed by atoms with Crippen LogP contribution in [-0.4, -0.2) is 89.3 Å². The van der Waals surface area contributed by atoms with E-state index in [0.29, 0.717) is 39.0 Å². The van der Waals surface area contributed by atoms with E-state index in [4.69, 9.17) is 5.10 Å². The summed E-state index contributed by atoms with van der Waals surface area (Å²) < 4.78 is 28.4. The molecular weight excluding hydrogens is 651 g/mol. The Kier molecular flexibility index (Phi) is 13.1. The van der Waals surface area contributed by atoms with Gasteiger partial charge in [0.1, 0.15) is 11.6 Å². The van der Waals surface area contributed by atoms with Crippen molar-refractivity contribution in [2.24, 2.45) is 5.92 Å². The highest BCUT2D eigenvalue weighted by Gasteiger charge is 2.55. The van der Waals surface area contributed by atoms with E-state index >= 15 is 0 Å². The van der Waals surface area contributed by atoms with Crippen molar-refractivity contribution in [3.63, 3.8) is 0 Å². The Morgan fingerprint density at radius 1 is 1.07 bits per heavy atom. The van der Waals surface area contributed by atoms with Crippen LogP contribution in [0.25, 0.3) is 5.69 Å². The van der Waals surface area contributed by atoms with Gasteiger partial charge >= 0.3 is 0 Å². The summed E-state index contributed by atoms with van der Waals surface area (Å²) in [6.45, 7) is 8.56. The molecule has 2 aliphatic heterocycles. The second kappa shape index (κ2) is 15.8. The zero-order valence-corrected chi connectivity index (χ0v) is 29.8. The lowest BCUT2D eigenvalue weighted by Crippen LogP contribution is -2.75. The second-order valence-corrected chi connectivity index (χ2v) is 14.6. The molecule has 3 aliphatic rings. The fourth-order valence-electron chi connectivity index (χ4n) is 7.30. The molecule has 1 spiro atoms. The van der Waals surface area contributed by atoms with Crippen LogP contribution < -0.4 is 10.0 Å². The number of carbonyl (C=O) groups is 2. The number of aromatic nitrogens is 2. The Hall–Kier alpha value is -2.22. The number of nitrogens with one attached hydrogen (secondary N) is 2. The lowest BCUT2D eigenvalue weighted by molar-refractivity contribution is -0.166. The molecule has 1 aromatic heterocycles. The van der Waals surface area contributed by atoms with Gasteiger partial charge in [0.15, 0.2) is 0 Å². The van der Waals surface area contributed by atoms with Crippen molar-refractivity contribution < 1.29 is 23.1 Å². The molecule has 2 atom stereocenters. The van der Waals surface area contributed by atoms with E-state index in [1.807, 2.05) is 23.4 Å². The molecule has 2 aromatic rings. The molecule has 3 fully saturated rings. The summed E-state index contributed by atoms with van der Waals surface area (Å²) in [5.41, 5.74) is 2.84. The standard InChI is InChI=1S/C32H48N6O5S.2ClH/c1-5-6-18-37-30(40)28(29(39)24-10-8-7-9-11-24)34-31(41)32(37)16-19-36(20-17-32)21-27-22(2)35-38(23(27)3)25-12-14-26(15-13-25)44(42,43)33-4;;/h12-15,24,28-29,33,39H,5-11,16-21H2,1-4H3,(H,34,41);2*1H/t28-,29-;;/m1../s1. The van der Waals surface area contributed by atoms with E-state index in [0.717, 1.165) is 67.6 Å². The normalized spacial score (nSPS) is 21.4. The molecule has 1 saturated carbocycles. The van der Waals surface area contributed by atoms with Crippen LogP contribution in [0.2, 0.25) is 0 Å². The van der Waals surface area contributed by atoms with Crippen molar-refractivity contribution in [3.05, 3.63) is 41.2 Å². The first-order valence-corrected chi connectivity index (χ1v) is 17.6. The zero-order chi connectivity index (χ0) is 31.6. The molecule has 0 radical (unpaired) electrons. The van der Waals surface area contributed by atoms with Gasteiger partial charge in [-0.15, -0.1) is 24.8 Å². The van der Waals surface area contributed by atoms with Gasteiger partial charge in [0.25, 0.3) is 0 Å². The minimum Gasteiger partial charge on any atom is -0.390 e. The summed E-state index contributed by atoms with van der Waals surface area (Å²) in [6, 6.07) is 5.77. The van der Waals surface area contributed by atoms with Crippen molar-refractivity contribution >= 4 is 46.7 Å². The number of hydrogen-bond acceptors (Lipinski definition) is 7. The van der Waals surface area contributed by atoms with Gasteiger partial charge < -0.3 is 15.3 Å². The predicted molar refractivity (Wildman–Crippen MR) is 182 cm³/mol. The highest BCUT2D eigenvalue weighted by atomic mass is 35.5. The number of aliphatic hydroxyl groups is 1. The molecule has 2 saturated heterocycles. The molecule has 0 bridgehead atoms. The predicted octanol–water partition coefficient (Wildman–Crippen LogP) is 3.64. The van der Waals surface area contributed by atoms with E-state index in [1.165, 1.54) is 7.05 Å². The first kappa shape index (κ1) is 38.2. The van der Waals surface area contributed by atoms with Crippen molar-refractivity contribution in [3.8, 4) is 5.69 Å². The number of sulfonamides is 1. The smallest absolute Gasteiger partial charge is 0.248 e. The number of carbonyl (C=O) groups excluding carboxylic acids is 2. The average Bonchev–Trinajstić information content (AvgIpc) is 3.32. The first-order chi connectivity index (χ1) is 21.0. The number of piperazine rings is 1. The maximum Gasteiger partial charge on any atom is 0.248 e. The van der Waals surface area contributed by atoms with Gasteiger partial charge in [0, 0.05) is 37.4 Å². The summed E-state index contributed by atoms with van der Waals surface area (Å²) in [5, 5.41) is 19.0. The van der Waals surface area contributed by atoms with E-state index in [2.05, 4.69) is 21.9 Å². The molecular formula is C32H50Cl2N6O5S. The molecule has 14 heteroatoms. The minimum atomic E-state index is -3.52. The van der Waals surface area contributed by atoms with Crippen LogP contribution in [0, 0.1) is 19.8 Å². The number of piperidine rings is 1. The monoisotopic (exact) mass is 700 g/mol. The molecule has 5 rings (SSSR count). The Bertz CT molecular complexity index is 1450. The van der Waals surface area contributed by atoms with Crippen molar-refractivity contribution in [1.29, 1.82) is 0 Å². The van der Waals surface area contributed by atoms with Crippen molar-refractivity contribution in [2.45, 2.75) is 108 Å². The fraction of sp³-hybridized carbons (Fsp3) is 0.656. The minimum absolute atomic E-state index is 0. The molecule has 1 aromatic carbocycles. The topological polar surface area (TPSA) is 137 Å². The van der Waals surface area contributed by atoms with E-state index < -0.39 is 27.7 Å². The first-order valence-electron chi connectivity index (χ1n) is 16.1. The maximum absolute atomic E-state index is 13.9. The van der Waals surface area contributed by atoms with Gasteiger partial charge in [-0.25, -0.2) is 17.8 Å². The Labute approximate surface area is 285 Å². The lowest BCUT2D eigenvalue weighted by Gasteiger charge is -2.52. The van der Waals surface area contributed by atoms with Crippen LogP contribution in [0.15, 0.2) is 29.2 Å². The molecule has 0 unspecified atom stereocenters. The third kappa shape index (κ3) is 7.42. The molecule has 3 N–H and O–H groups in total. The van der Waals surface area contributed by atoms with Crippen LogP contribution in [0.4, 0.5) is 0 Å². The fourth-order valence-corrected chi connectivity index (χ4v) is 8.03. The molecule has 46 heavy (non-hydrogen) atoms. The highest BCUT2D eigenvalue weighted by Crippen LogP contribution is 2.37. The second-order valence-electron chi connectivity index (χ2n) is 12.8. The van der Waals surface area contributed by atoms with Gasteiger partial charge in [0.05, 0.1) is 22.4 Å². The van der Waals surface area contributed by atoms with Crippen LogP contribution in [0.3, 0.4) is 0 Å². The third-order valence-electron chi connectivity index (χ3n) is 10.1. The summed E-state index contributed by atoms with van der Waals surface area (Å²) in [6.07, 6.45) is 7.02. The third-order valence-corrected chi connectivity index (χ3v) is 11.6. The van der Waals surface area contributed by atoms with Crippen molar-refractivity contribution in [2.75, 3.05) is 26.7 Å². The number of benzene rings is 1. The van der Waals surface area contributed by atoms with Crippen LogP contribution >= 0.6 is 24.8 Å². The van der Waals surface area contributed by atoms with Crippen LogP contribution in [0.5, 0.6) is 0 Å². The molecule has 258 valence electrons. The SMILES string of the molecule is CCCCN1C(=O)[C@@H]([C@H](O)C2CCCCC2)NC(=O)C12CCN(Cc1c(C)nn(-c3ccc(S(=O)(=O)NC)cc3)c1C)CC2.Cl.Cl. The molecule has 3 heterocycles. The van der Waals surface area contributed by atoms with Gasteiger partial charge in [-0.3, -0.25) is 14.5 Å². The summed E-state index contributed by atoms with van der Waals surface area (Å²) in [4.78, 5) is 32.1. The average molecular weight is 702 g/mol. The highest BCUT2D eigenvalue weighted by molar-refractivity contribution is 7.89. The summed E-state index contributed by atoms with van der Waals surface area (Å²) in [7, 11) is -2.13.